The van der Waals surface area contributed by atoms with Crippen molar-refractivity contribution in [2.24, 2.45) is 5.92 Å². The van der Waals surface area contributed by atoms with Gasteiger partial charge in [0.25, 0.3) is 0 Å². The molecular formula is C14H30N2O. The third-order valence-electron chi connectivity index (χ3n) is 3.45. The van der Waals surface area contributed by atoms with Crippen molar-refractivity contribution in [3.8, 4) is 0 Å². The van der Waals surface area contributed by atoms with Gasteiger partial charge in [0.15, 0.2) is 0 Å². The largest absolute Gasteiger partial charge is 0.375 e. The molecule has 0 aliphatic carbocycles. The second-order valence-corrected chi connectivity index (χ2v) is 5.41. The van der Waals surface area contributed by atoms with E-state index in [4.69, 9.17) is 4.74 Å². The Hall–Kier alpha value is -0.120. The van der Waals surface area contributed by atoms with Crippen molar-refractivity contribution in [2.45, 2.75) is 46.1 Å². The molecule has 3 nitrogen and oxygen atoms in total. The highest BCUT2D eigenvalue weighted by Crippen LogP contribution is 2.09. The van der Waals surface area contributed by atoms with Crippen molar-refractivity contribution < 1.29 is 4.74 Å². The topological polar surface area (TPSA) is 24.5 Å². The van der Waals surface area contributed by atoms with Crippen LogP contribution >= 0.6 is 0 Å². The van der Waals surface area contributed by atoms with Crippen LogP contribution in [0.4, 0.5) is 0 Å². The van der Waals surface area contributed by atoms with Crippen molar-refractivity contribution in [3.63, 3.8) is 0 Å². The summed E-state index contributed by atoms with van der Waals surface area (Å²) in [5, 5.41) is 3.46. The zero-order valence-corrected chi connectivity index (χ0v) is 11.9. The van der Waals surface area contributed by atoms with Gasteiger partial charge < -0.3 is 15.0 Å². The van der Waals surface area contributed by atoms with Gasteiger partial charge in [-0.05, 0) is 44.8 Å². The highest BCUT2D eigenvalue weighted by molar-refractivity contribution is 4.68. The summed E-state index contributed by atoms with van der Waals surface area (Å²) in [5.41, 5.74) is 0. The van der Waals surface area contributed by atoms with E-state index in [-0.39, 0.29) is 0 Å². The molecule has 102 valence electrons. The van der Waals surface area contributed by atoms with Gasteiger partial charge in [0, 0.05) is 13.1 Å². The molecule has 0 saturated carbocycles. The summed E-state index contributed by atoms with van der Waals surface area (Å²) in [6.07, 6.45) is 4.29. The number of nitrogens with one attached hydrogen (secondary N) is 1. The van der Waals surface area contributed by atoms with Crippen LogP contribution in [0, 0.1) is 5.92 Å². The maximum Gasteiger partial charge on any atom is 0.0722 e. The number of nitrogens with zero attached hydrogens (tertiary/aromatic N) is 1. The van der Waals surface area contributed by atoms with Gasteiger partial charge in [-0.15, -0.1) is 0 Å². The predicted molar refractivity (Wildman–Crippen MR) is 73.4 cm³/mol. The van der Waals surface area contributed by atoms with Crippen LogP contribution in [0.5, 0.6) is 0 Å². The van der Waals surface area contributed by atoms with Crippen LogP contribution in [0.3, 0.4) is 0 Å². The van der Waals surface area contributed by atoms with Gasteiger partial charge in [0.05, 0.1) is 12.7 Å². The van der Waals surface area contributed by atoms with E-state index < -0.39 is 0 Å². The zero-order chi connectivity index (χ0) is 12.5. The quantitative estimate of drug-likeness (QED) is 0.627. The fraction of sp³-hybridized carbons (Fsp3) is 1.00. The fourth-order valence-corrected chi connectivity index (χ4v) is 2.25. The molecule has 1 fully saturated rings. The first-order chi connectivity index (χ1) is 8.24. The lowest BCUT2D eigenvalue weighted by Crippen LogP contribution is -2.35. The third kappa shape index (κ3) is 6.39. The first-order valence-corrected chi connectivity index (χ1v) is 7.28. The monoisotopic (exact) mass is 242 g/mol. The Balaban J connectivity index is 2.10. The molecule has 1 saturated heterocycles. The smallest absolute Gasteiger partial charge is 0.0722 e. The standard InChI is InChI=1S/C14H30N2O/c1-4-7-15-12-14(13(2)3)17-11-10-16-8-5-6-9-16/h13-15H,4-12H2,1-3H3. The molecule has 1 unspecified atom stereocenters. The summed E-state index contributed by atoms with van der Waals surface area (Å²) in [6.45, 7) is 13.3. The molecule has 1 aliphatic heterocycles. The number of rotatable bonds is 9. The van der Waals surface area contributed by atoms with Gasteiger partial charge in [-0.25, -0.2) is 0 Å². The van der Waals surface area contributed by atoms with Crippen LogP contribution in [-0.2, 0) is 4.74 Å². The predicted octanol–water partition coefficient (Wildman–Crippen LogP) is 2.12. The van der Waals surface area contributed by atoms with Gasteiger partial charge >= 0.3 is 0 Å². The summed E-state index contributed by atoms with van der Waals surface area (Å²) in [7, 11) is 0. The Bertz CT molecular complexity index is 179. The SMILES string of the molecule is CCCNCC(OCCN1CCCC1)C(C)C. The lowest BCUT2D eigenvalue weighted by molar-refractivity contribution is 0.0138. The van der Waals surface area contributed by atoms with Crippen LogP contribution < -0.4 is 5.32 Å². The van der Waals surface area contributed by atoms with Crippen molar-refractivity contribution in [3.05, 3.63) is 0 Å². The maximum absolute atomic E-state index is 6.01. The zero-order valence-electron chi connectivity index (χ0n) is 11.9. The van der Waals surface area contributed by atoms with Crippen molar-refractivity contribution in [1.29, 1.82) is 0 Å². The Morgan fingerprint density at radius 2 is 1.94 bits per heavy atom. The first kappa shape index (κ1) is 14.9. The molecule has 0 amide bonds. The van der Waals surface area contributed by atoms with Crippen molar-refractivity contribution in [1.82, 2.24) is 10.2 Å². The fourth-order valence-electron chi connectivity index (χ4n) is 2.25. The van der Waals surface area contributed by atoms with Gasteiger partial charge in [0.2, 0.25) is 0 Å². The first-order valence-electron chi connectivity index (χ1n) is 7.28. The molecule has 0 bridgehead atoms. The van der Waals surface area contributed by atoms with Gasteiger partial charge in [-0.2, -0.15) is 0 Å². The number of hydrogen-bond acceptors (Lipinski definition) is 3. The van der Waals surface area contributed by atoms with E-state index in [1.54, 1.807) is 0 Å². The van der Waals surface area contributed by atoms with Crippen LogP contribution in [0.15, 0.2) is 0 Å². The molecule has 0 aromatic rings. The average molecular weight is 242 g/mol. The molecule has 0 aromatic heterocycles. The van der Waals surface area contributed by atoms with Crippen LogP contribution in [0.25, 0.3) is 0 Å². The van der Waals surface area contributed by atoms with Crippen molar-refractivity contribution >= 4 is 0 Å². The lowest BCUT2D eigenvalue weighted by Gasteiger charge is -2.23. The molecule has 3 heteroatoms. The molecule has 0 radical (unpaired) electrons. The Morgan fingerprint density at radius 1 is 1.24 bits per heavy atom. The van der Waals surface area contributed by atoms with Gasteiger partial charge in [0.1, 0.15) is 0 Å². The van der Waals surface area contributed by atoms with E-state index in [1.165, 1.54) is 32.4 Å². The highest BCUT2D eigenvalue weighted by Gasteiger charge is 2.15. The Kier molecular flexibility index (Phi) is 7.82. The van der Waals surface area contributed by atoms with Crippen LogP contribution in [0.1, 0.15) is 40.0 Å². The molecule has 1 aliphatic rings. The van der Waals surface area contributed by atoms with Crippen LogP contribution in [-0.4, -0.2) is 50.3 Å². The molecule has 17 heavy (non-hydrogen) atoms. The number of likely N-dealkylation sites (tertiary alicyclic amines) is 1. The molecule has 1 heterocycles. The molecule has 0 aromatic carbocycles. The average Bonchev–Trinajstić information content (AvgIpc) is 2.80. The summed E-state index contributed by atoms with van der Waals surface area (Å²) in [5.74, 6) is 0.595. The minimum absolute atomic E-state index is 0.365. The molecular weight excluding hydrogens is 212 g/mol. The third-order valence-corrected chi connectivity index (χ3v) is 3.45. The van der Waals surface area contributed by atoms with Gasteiger partial charge in [-0.3, -0.25) is 0 Å². The molecule has 1 atom stereocenters. The van der Waals surface area contributed by atoms with E-state index >= 15 is 0 Å². The minimum atomic E-state index is 0.365. The summed E-state index contributed by atoms with van der Waals surface area (Å²) >= 11 is 0. The second-order valence-electron chi connectivity index (χ2n) is 5.41. The summed E-state index contributed by atoms with van der Waals surface area (Å²) < 4.78 is 6.01. The lowest BCUT2D eigenvalue weighted by atomic mass is 10.1. The highest BCUT2D eigenvalue weighted by atomic mass is 16.5. The van der Waals surface area contributed by atoms with Crippen molar-refractivity contribution in [2.75, 3.05) is 39.3 Å². The Morgan fingerprint density at radius 3 is 2.53 bits per heavy atom. The van der Waals surface area contributed by atoms with E-state index in [9.17, 15) is 0 Å². The molecule has 0 spiro atoms. The van der Waals surface area contributed by atoms with E-state index in [2.05, 4.69) is 31.0 Å². The normalized spacial score (nSPS) is 19.1. The number of hydrogen-bond donors (Lipinski definition) is 1. The minimum Gasteiger partial charge on any atom is -0.375 e. The van der Waals surface area contributed by atoms with E-state index in [0.29, 0.717) is 12.0 Å². The summed E-state index contributed by atoms with van der Waals surface area (Å²) in [6, 6.07) is 0. The Labute approximate surface area is 107 Å². The van der Waals surface area contributed by atoms with E-state index in [1.807, 2.05) is 0 Å². The molecule has 1 N–H and O–H groups in total. The number of ether oxygens (including phenoxy) is 1. The van der Waals surface area contributed by atoms with Gasteiger partial charge in [-0.1, -0.05) is 20.8 Å². The summed E-state index contributed by atoms with van der Waals surface area (Å²) in [4.78, 5) is 2.51. The maximum atomic E-state index is 6.01. The van der Waals surface area contributed by atoms with Crippen LogP contribution in [0.2, 0.25) is 0 Å². The second kappa shape index (κ2) is 8.90. The van der Waals surface area contributed by atoms with E-state index in [0.717, 1.165) is 26.2 Å². The molecule has 1 rings (SSSR count).